The summed E-state index contributed by atoms with van der Waals surface area (Å²) in [6, 6.07) is 9.90. The lowest BCUT2D eigenvalue weighted by atomic mass is 9.95. The maximum absolute atomic E-state index is 12.4. The lowest BCUT2D eigenvalue weighted by Gasteiger charge is -2.35. The Morgan fingerprint density at radius 3 is 2.87 bits per heavy atom. The molecule has 2 atom stereocenters. The topological polar surface area (TPSA) is 73.7 Å². The van der Waals surface area contributed by atoms with Crippen LogP contribution in [-0.4, -0.2) is 51.8 Å². The smallest absolute Gasteiger partial charge is 0.228 e. The molecule has 0 spiro atoms. The van der Waals surface area contributed by atoms with E-state index in [0.717, 1.165) is 16.3 Å². The number of aliphatic hydroxyl groups excluding tert-OH is 2. The van der Waals surface area contributed by atoms with Crippen molar-refractivity contribution in [2.75, 3.05) is 19.7 Å². The lowest BCUT2D eigenvalue weighted by molar-refractivity contribution is -0.134. The number of likely N-dealkylation sites (tertiary alicyclic amines) is 1. The van der Waals surface area contributed by atoms with Crippen LogP contribution in [0.15, 0.2) is 35.7 Å². The molecule has 2 aromatic rings. The summed E-state index contributed by atoms with van der Waals surface area (Å²) in [6.45, 7) is 0.845. The molecule has 2 N–H and O–H groups in total. The van der Waals surface area contributed by atoms with Crippen molar-refractivity contribution >= 4 is 17.2 Å². The van der Waals surface area contributed by atoms with Crippen molar-refractivity contribution in [1.29, 1.82) is 0 Å². The second-order valence-electron chi connectivity index (χ2n) is 5.83. The van der Waals surface area contributed by atoms with E-state index < -0.39 is 6.10 Å². The zero-order valence-electron chi connectivity index (χ0n) is 12.8. The fraction of sp³-hybridized carbons (Fsp3) is 0.412. The first-order valence-electron chi connectivity index (χ1n) is 7.74. The third kappa shape index (κ3) is 3.77. The van der Waals surface area contributed by atoms with E-state index in [4.69, 9.17) is 0 Å². The number of thiazole rings is 1. The van der Waals surface area contributed by atoms with Gasteiger partial charge in [0.25, 0.3) is 0 Å². The average molecular weight is 332 g/mol. The normalized spacial score (nSPS) is 21.4. The van der Waals surface area contributed by atoms with Crippen LogP contribution in [0, 0.1) is 5.92 Å². The molecule has 0 saturated carbocycles. The van der Waals surface area contributed by atoms with Crippen molar-refractivity contribution < 1.29 is 15.0 Å². The van der Waals surface area contributed by atoms with Gasteiger partial charge in [-0.3, -0.25) is 4.79 Å². The van der Waals surface area contributed by atoms with Crippen LogP contribution in [0.2, 0.25) is 0 Å². The number of carbonyl (C=O) groups is 1. The van der Waals surface area contributed by atoms with Crippen molar-refractivity contribution in [1.82, 2.24) is 9.88 Å². The first-order chi connectivity index (χ1) is 11.2. The van der Waals surface area contributed by atoms with Gasteiger partial charge in [0.1, 0.15) is 5.01 Å². The van der Waals surface area contributed by atoms with E-state index in [1.807, 2.05) is 35.7 Å². The largest absolute Gasteiger partial charge is 0.396 e. The van der Waals surface area contributed by atoms with Crippen LogP contribution < -0.4 is 0 Å². The van der Waals surface area contributed by atoms with Gasteiger partial charge in [-0.05, 0) is 6.42 Å². The zero-order valence-corrected chi connectivity index (χ0v) is 13.6. The number of benzene rings is 1. The molecule has 122 valence electrons. The molecular formula is C17H20N2O3S. The highest BCUT2D eigenvalue weighted by Gasteiger charge is 2.29. The lowest BCUT2D eigenvalue weighted by Crippen LogP contribution is -2.47. The molecule has 1 aliphatic rings. The number of carbonyl (C=O) groups excluding carboxylic acids is 1. The highest BCUT2D eigenvalue weighted by atomic mass is 32.1. The molecule has 2 heterocycles. The quantitative estimate of drug-likeness (QED) is 0.891. The van der Waals surface area contributed by atoms with E-state index in [2.05, 4.69) is 4.98 Å². The Kier molecular flexibility index (Phi) is 5.05. The second-order valence-corrected chi connectivity index (χ2v) is 6.68. The molecule has 0 aliphatic carbocycles. The molecule has 1 aliphatic heterocycles. The molecule has 3 rings (SSSR count). The van der Waals surface area contributed by atoms with Crippen molar-refractivity contribution in [2.45, 2.75) is 18.9 Å². The van der Waals surface area contributed by atoms with Crippen LogP contribution in [-0.2, 0) is 11.2 Å². The van der Waals surface area contributed by atoms with Crippen molar-refractivity contribution in [2.24, 2.45) is 5.92 Å². The summed E-state index contributed by atoms with van der Waals surface area (Å²) in [4.78, 5) is 18.7. The van der Waals surface area contributed by atoms with E-state index >= 15 is 0 Å². The zero-order chi connectivity index (χ0) is 16.2. The predicted molar refractivity (Wildman–Crippen MR) is 89.0 cm³/mol. The molecule has 5 nitrogen and oxygen atoms in total. The Bertz CT molecular complexity index is 659. The van der Waals surface area contributed by atoms with Gasteiger partial charge in [0.2, 0.25) is 5.91 Å². The van der Waals surface area contributed by atoms with Crippen LogP contribution in [0.1, 0.15) is 12.1 Å². The van der Waals surface area contributed by atoms with Crippen LogP contribution in [0.25, 0.3) is 10.6 Å². The highest BCUT2D eigenvalue weighted by Crippen LogP contribution is 2.24. The number of nitrogens with zero attached hydrogens (tertiary/aromatic N) is 2. The summed E-state index contributed by atoms with van der Waals surface area (Å²) in [5, 5.41) is 21.9. The molecule has 1 aromatic carbocycles. The summed E-state index contributed by atoms with van der Waals surface area (Å²) < 4.78 is 0. The van der Waals surface area contributed by atoms with Gasteiger partial charge in [0.15, 0.2) is 0 Å². The maximum atomic E-state index is 12.4. The monoisotopic (exact) mass is 332 g/mol. The number of hydrogen-bond acceptors (Lipinski definition) is 5. The minimum absolute atomic E-state index is 0.000242. The van der Waals surface area contributed by atoms with Crippen LogP contribution in [0.4, 0.5) is 0 Å². The molecule has 1 fully saturated rings. The Labute approximate surface area is 139 Å². The van der Waals surface area contributed by atoms with Gasteiger partial charge in [-0.1, -0.05) is 30.3 Å². The molecule has 1 aromatic heterocycles. The third-order valence-corrected chi connectivity index (χ3v) is 5.13. The second kappa shape index (κ2) is 7.21. The van der Waals surface area contributed by atoms with E-state index in [9.17, 15) is 15.0 Å². The summed E-state index contributed by atoms with van der Waals surface area (Å²) >= 11 is 1.53. The molecule has 1 amide bonds. The number of rotatable bonds is 4. The molecule has 6 heteroatoms. The van der Waals surface area contributed by atoms with Crippen LogP contribution >= 0.6 is 11.3 Å². The van der Waals surface area contributed by atoms with Crippen molar-refractivity contribution in [3.63, 3.8) is 0 Å². The Hall–Kier alpha value is -1.76. The standard InChI is InChI=1S/C17H20N2O3S/c20-10-13-9-19(7-6-15(13)21)16(22)8-14-11-23-17(18-14)12-4-2-1-3-5-12/h1-5,11,13,15,20-21H,6-10H2/t13-,15-/m0/s1. The number of hydrogen-bond donors (Lipinski definition) is 2. The summed E-state index contributed by atoms with van der Waals surface area (Å²) in [5.74, 6) is -0.247. The maximum Gasteiger partial charge on any atom is 0.228 e. The number of amides is 1. The molecular weight excluding hydrogens is 312 g/mol. The predicted octanol–water partition coefficient (Wildman–Crippen LogP) is 1.55. The first-order valence-corrected chi connectivity index (χ1v) is 8.62. The van der Waals surface area contributed by atoms with Gasteiger partial charge < -0.3 is 15.1 Å². The number of aromatic nitrogens is 1. The molecule has 23 heavy (non-hydrogen) atoms. The van der Waals surface area contributed by atoms with Gasteiger partial charge in [0.05, 0.1) is 24.8 Å². The molecule has 0 bridgehead atoms. The van der Waals surface area contributed by atoms with E-state index in [-0.39, 0.29) is 24.9 Å². The van der Waals surface area contributed by atoms with Crippen molar-refractivity contribution in [3.05, 3.63) is 41.4 Å². The van der Waals surface area contributed by atoms with E-state index in [0.29, 0.717) is 19.5 Å². The van der Waals surface area contributed by atoms with E-state index in [1.165, 1.54) is 11.3 Å². The summed E-state index contributed by atoms with van der Waals surface area (Å²) in [6.07, 6.45) is 0.258. The Morgan fingerprint density at radius 2 is 2.13 bits per heavy atom. The van der Waals surface area contributed by atoms with Gasteiger partial charge in [-0.15, -0.1) is 11.3 Å². The number of aliphatic hydroxyl groups is 2. The van der Waals surface area contributed by atoms with Crippen LogP contribution in [0.3, 0.4) is 0 Å². The highest BCUT2D eigenvalue weighted by molar-refractivity contribution is 7.13. The first kappa shape index (κ1) is 16.1. The fourth-order valence-electron chi connectivity index (χ4n) is 2.79. The van der Waals surface area contributed by atoms with Gasteiger partial charge in [-0.25, -0.2) is 4.98 Å². The molecule has 0 unspecified atom stereocenters. The minimum atomic E-state index is -0.520. The van der Waals surface area contributed by atoms with Gasteiger partial charge in [0, 0.05) is 30.0 Å². The molecule has 1 saturated heterocycles. The SMILES string of the molecule is O=C(Cc1csc(-c2ccccc2)n1)N1CC[C@H](O)[C@H](CO)C1. The van der Waals surface area contributed by atoms with Gasteiger partial charge in [-0.2, -0.15) is 0 Å². The van der Waals surface area contributed by atoms with Gasteiger partial charge >= 0.3 is 0 Å². The minimum Gasteiger partial charge on any atom is -0.396 e. The summed E-state index contributed by atoms with van der Waals surface area (Å²) in [7, 11) is 0. The van der Waals surface area contributed by atoms with Crippen LogP contribution in [0.5, 0.6) is 0 Å². The van der Waals surface area contributed by atoms with E-state index in [1.54, 1.807) is 4.90 Å². The Balaban J connectivity index is 1.63. The average Bonchev–Trinajstić information content (AvgIpc) is 3.04. The molecule has 0 radical (unpaired) electrons. The van der Waals surface area contributed by atoms with Crippen molar-refractivity contribution in [3.8, 4) is 10.6 Å². The number of piperidine rings is 1. The Morgan fingerprint density at radius 1 is 1.35 bits per heavy atom. The summed E-state index contributed by atoms with van der Waals surface area (Å²) in [5.41, 5.74) is 1.82. The fourth-order valence-corrected chi connectivity index (χ4v) is 3.62. The third-order valence-electron chi connectivity index (χ3n) is 4.19.